The van der Waals surface area contributed by atoms with Gasteiger partial charge in [0.2, 0.25) is 0 Å². The molecule has 10 heteroatoms. The number of hydrogen-bond acceptors (Lipinski definition) is 6. The molecule has 0 aliphatic heterocycles. The predicted octanol–water partition coefficient (Wildman–Crippen LogP) is 7.26. The Morgan fingerprint density at radius 2 is 1.52 bits per heavy atom. The Hall–Kier alpha value is -4.57. The number of nitrogens with one attached hydrogen (secondary N) is 3. The van der Waals surface area contributed by atoms with Crippen LogP contribution in [0.3, 0.4) is 0 Å². The van der Waals surface area contributed by atoms with Gasteiger partial charge in [-0.05, 0) is 99.0 Å². The first-order valence-corrected chi connectivity index (χ1v) is 13.9. The minimum Gasteiger partial charge on any atom is -0.444 e. The molecule has 3 N–H and O–H groups in total. The van der Waals surface area contributed by atoms with Crippen LogP contribution < -0.4 is 10.6 Å². The van der Waals surface area contributed by atoms with Crippen LogP contribution in [0.2, 0.25) is 0 Å². The zero-order valence-corrected chi connectivity index (χ0v) is 23.3. The van der Waals surface area contributed by atoms with Gasteiger partial charge in [-0.2, -0.15) is 0 Å². The van der Waals surface area contributed by atoms with Crippen molar-refractivity contribution in [2.24, 2.45) is 0 Å². The van der Waals surface area contributed by atoms with E-state index in [1.807, 2.05) is 6.92 Å². The summed E-state index contributed by atoms with van der Waals surface area (Å²) in [5.41, 5.74) is 2.37. The summed E-state index contributed by atoms with van der Waals surface area (Å²) in [6.07, 6.45) is 0.852. The highest BCUT2D eigenvalue weighted by atomic mass is 32.2. The molecule has 8 nitrogen and oxygen atoms in total. The fourth-order valence-corrected chi connectivity index (χ4v) is 4.95. The van der Waals surface area contributed by atoms with Crippen molar-refractivity contribution in [2.45, 2.75) is 43.2 Å². The number of aromatic nitrogens is 1. The molecule has 3 aromatic carbocycles. The SMILES string of the molecule is Cc1ccc(S(=N)(=O)c2ccc(C(=O)Nc3cc(-c4ccc(F)cc4)ccc3NC(=O)OC(C)(C)C)cc2)nc1. The molecule has 0 saturated carbocycles. The van der Waals surface area contributed by atoms with E-state index in [2.05, 4.69) is 15.6 Å². The van der Waals surface area contributed by atoms with E-state index in [1.54, 1.807) is 69.4 Å². The number of anilines is 2. The minimum absolute atomic E-state index is 0.130. The Balaban J connectivity index is 1.61. The predicted molar refractivity (Wildman–Crippen MR) is 152 cm³/mol. The summed E-state index contributed by atoms with van der Waals surface area (Å²) in [5, 5.41) is 5.59. The summed E-state index contributed by atoms with van der Waals surface area (Å²) in [7, 11) is -3.36. The first-order valence-electron chi connectivity index (χ1n) is 12.3. The fraction of sp³-hybridized carbons (Fsp3) is 0.167. The molecule has 2 amide bonds. The molecule has 0 radical (unpaired) electrons. The average molecular weight is 561 g/mol. The van der Waals surface area contributed by atoms with Crippen LogP contribution in [-0.2, 0) is 14.5 Å². The molecular formula is C30H29FN4O4S. The molecule has 40 heavy (non-hydrogen) atoms. The molecular weight excluding hydrogens is 531 g/mol. The van der Waals surface area contributed by atoms with Crippen LogP contribution in [0.1, 0.15) is 36.7 Å². The summed E-state index contributed by atoms with van der Waals surface area (Å²) in [6, 6.07) is 20.0. The number of halogens is 1. The largest absolute Gasteiger partial charge is 0.444 e. The first-order chi connectivity index (χ1) is 18.8. The highest BCUT2D eigenvalue weighted by Gasteiger charge is 2.20. The van der Waals surface area contributed by atoms with Crippen molar-refractivity contribution in [2.75, 3.05) is 10.6 Å². The number of nitrogens with zero attached hydrogens (tertiary/aromatic N) is 1. The Labute approximate surface area is 232 Å². The molecule has 206 valence electrons. The van der Waals surface area contributed by atoms with Crippen molar-refractivity contribution in [1.29, 1.82) is 4.78 Å². The Morgan fingerprint density at radius 3 is 2.12 bits per heavy atom. The molecule has 1 heterocycles. The standard InChI is InChI=1S/C30H29FN4O4S/c1-19-5-16-27(33-18-19)40(32,38)24-13-8-21(9-14-24)28(36)34-26-17-22(20-6-11-23(31)12-7-20)10-15-25(26)35-29(37)39-30(2,3)4/h5-18,32H,1-4H3,(H,34,36)(H,35,37). The molecule has 4 aromatic rings. The fourth-order valence-electron chi connectivity index (χ4n) is 3.73. The number of carbonyl (C=O) groups excluding carboxylic acids is 2. The van der Waals surface area contributed by atoms with E-state index in [1.165, 1.54) is 36.4 Å². The average Bonchev–Trinajstić information content (AvgIpc) is 2.89. The van der Waals surface area contributed by atoms with Gasteiger partial charge in [0.1, 0.15) is 26.2 Å². The molecule has 1 aromatic heterocycles. The van der Waals surface area contributed by atoms with E-state index in [-0.39, 0.29) is 27.0 Å². The van der Waals surface area contributed by atoms with E-state index in [0.717, 1.165) is 5.56 Å². The van der Waals surface area contributed by atoms with Crippen molar-refractivity contribution in [3.05, 3.63) is 102 Å². The zero-order chi connectivity index (χ0) is 29.1. The van der Waals surface area contributed by atoms with Crippen molar-refractivity contribution in [3.8, 4) is 11.1 Å². The van der Waals surface area contributed by atoms with Gasteiger partial charge in [0.15, 0.2) is 0 Å². The lowest BCUT2D eigenvalue weighted by molar-refractivity contribution is 0.0635. The van der Waals surface area contributed by atoms with Crippen LogP contribution >= 0.6 is 0 Å². The van der Waals surface area contributed by atoms with Crippen LogP contribution in [0.5, 0.6) is 0 Å². The van der Waals surface area contributed by atoms with E-state index in [9.17, 15) is 18.2 Å². The maximum Gasteiger partial charge on any atom is 0.412 e. The number of aryl methyl sites for hydroxylation is 1. The monoisotopic (exact) mass is 560 g/mol. The van der Waals surface area contributed by atoms with E-state index >= 15 is 0 Å². The van der Waals surface area contributed by atoms with Crippen LogP contribution in [0.15, 0.2) is 95.0 Å². The smallest absolute Gasteiger partial charge is 0.412 e. The van der Waals surface area contributed by atoms with Crippen LogP contribution in [0.25, 0.3) is 11.1 Å². The zero-order valence-electron chi connectivity index (χ0n) is 22.4. The Kier molecular flexibility index (Phi) is 8.01. The number of rotatable bonds is 6. The van der Waals surface area contributed by atoms with Gasteiger partial charge in [0, 0.05) is 11.8 Å². The van der Waals surface area contributed by atoms with Crippen LogP contribution in [0.4, 0.5) is 20.6 Å². The van der Waals surface area contributed by atoms with Gasteiger partial charge in [-0.25, -0.2) is 23.2 Å². The number of hydrogen-bond donors (Lipinski definition) is 3. The maximum atomic E-state index is 13.4. The van der Waals surface area contributed by atoms with Gasteiger partial charge in [0.05, 0.1) is 16.3 Å². The first kappa shape index (κ1) is 28.4. The molecule has 0 bridgehead atoms. The van der Waals surface area contributed by atoms with E-state index < -0.39 is 27.3 Å². The van der Waals surface area contributed by atoms with Crippen molar-refractivity contribution in [1.82, 2.24) is 4.98 Å². The van der Waals surface area contributed by atoms with Gasteiger partial charge < -0.3 is 10.1 Å². The number of carbonyl (C=O) groups is 2. The van der Waals surface area contributed by atoms with Crippen molar-refractivity contribution >= 4 is 33.1 Å². The summed E-state index contributed by atoms with van der Waals surface area (Å²) in [5.74, 6) is -0.876. The Bertz CT molecular complexity index is 1650. The highest BCUT2D eigenvalue weighted by Crippen LogP contribution is 2.30. The van der Waals surface area contributed by atoms with Crippen LogP contribution in [0, 0.1) is 17.5 Å². The lowest BCUT2D eigenvalue weighted by Crippen LogP contribution is -2.27. The quantitative estimate of drug-likeness (QED) is 0.229. The topological polar surface area (TPSA) is 121 Å². The Morgan fingerprint density at radius 1 is 0.875 bits per heavy atom. The second kappa shape index (κ2) is 11.3. The third-order valence-corrected chi connectivity index (χ3v) is 7.47. The van der Waals surface area contributed by atoms with Crippen molar-refractivity contribution < 1.29 is 22.9 Å². The summed E-state index contributed by atoms with van der Waals surface area (Å²) in [4.78, 5) is 30.0. The molecule has 0 spiro atoms. The van der Waals surface area contributed by atoms with Gasteiger partial charge in [-0.15, -0.1) is 0 Å². The molecule has 1 unspecified atom stereocenters. The summed E-state index contributed by atoms with van der Waals surface area (Å²) < 4.78 is 40.3. The van der Waals surface area contributed by atoms with Gasteiger partial charge in [-0.3, -0.25) is 10.1 Å². The lowest BCUT2D eigenvalue weighted by atomic mass is 10.0. The van der Waals surface area contributed by atoms with Gasteiger partial charge in [-0.1, -0.05) is 24.3 Å². The van der Waals surface area contributed by atoms with Gasteiger partial charge in [0.25, 0.3) is 5.91 Å². The molecule has 0 saturated heterocycles. The molecule has 1 atom stereocenters. The second-order valence-corrected chi connectivity index (χ2v) is 12.1. The van der Waals surface area contributed by atoms with Gasteiger partial charge >= 0.3 is 6.09 Å². The normalized spacial score (nSPS) is 12.7. The van der Waals surface area contributed by atoms with Crippen molar-refractivity contribution in [3.63, 3.8) is 0 Å². The lowest BCUT2D eigenvalue weighted by Gasteiger charge is -2.21. The third kappa shape index (κ3) is 6.89. The number of pyridine rings is 1. The van der Waals surface area contributed by atoms with E-state index in [0.29, 0.717) is 16.8 Å². The molecule has 4 rings (SSSR count). The third-order valence-electron chi connectivity index (χ3n) is 5.71. The van der Waals surface area contributed by atoms with Crippen LogP contribution in [-0.4, -0.2) is 26.8 Å². The number of amides is 2. The molecule has 0 fully saturated rings. The highest BCUT2D eigenvalue weighted by molar-refractivity contribution is 7.92. The number of benzene rings is 3. The summed E-state index contributed by atoms with van der Waals surface area (Å²) >= 11 is 0. The summed E-state index contributed by atoms with van der Waals surface area (Å²) in [6.45, 7) is 7.06. The molecule has 0 aliphatic carbocycles. The maximum absolute atomic E-state index is 13.4. The second-order valence-electron chi connectivity index (χ2n) is 10.1. The number of ether oxygens (including phenoxy) is 1. The van der Waals surface area contributed by atoms with E-state index in [4.69, 9.17) is 9.52 Å². The molecule has 0 aliphatic rings. The minimum atomic E-state index is -3.36.